The van der Waals surface area contributed by atoms with Crippen LogP contribution in [-0.2, 0) is 4.74 Å². The first-order valence-corrected chi connectivity index (χ1v) is 10.9. The highest BCUT2D eigenvalue weighted by Crippen LogP contribution is 2.44. The smallest absolute Gasteiger partial charge is 0.407 e. The van der Waals surface area contributed by atoms with Gasteiger partial charge >= 0.3 is 6.09 Å². The van der Waals surface area contributed by atoms with Gasteiger partial charge in [0.15, 0.2) is 0 Å². The minimum absolute atomic E-state index is 0.0707. The van der Waals surface area contributed by atoms with E-state index in [1.54, 1.807) is 0 Å². The lowest BCUT2D eigenvalue weighted by Crippen LogP contribution is -2.26. The third-order valence-electron chi connectivity index (χ3n) is 4.96. The molecule has 0 heterocycles. The Labute approximate surface area is 187 Å². The van der Waals surface area contributed by atoms with Gasteiger partial charge in [0.1, 0.15) is 6.61 Å². The van der Waals surface area contributed by atoms with Gasteiger partial charge in [0.05, 0.1) is 0 Å². The van der Waals surface area contributed by atoms with Gasteiger partial charge in [-0.15, -0.1) is 0 Å². The van der Waals surface area contributed by atoms with Crippen LogP contribution in [0.25, 0.3) is 17.2 Å². The third kappa shape index (κ3) is 4.46. The van der Waals surface area contributed by atoms with Gasteiger partial charge in [-0.1, -0.05) is 92.5 Å². The van der Waals surface area contributed by atoms with Crippen molar-refractivity contribution in [3.05, 3.63) is 98.4 Å². The average Bonchev–Trinajstić information content (AvgIpc) is 3.06. The van der Waals surface area contributed by atoms with Crippen molar-refractivity contribution < 1.29 is 9.53 Å². The minimum Gasteiger partial charge on any atom is -0.449 e. The number of carbonyl (C=O) groups is 1. The highest BCUT2D eigenvalue weighted by Gasteiger charge is 2.28. The molecule has 0 aromatic heterocycles. The first kappa shape index (κ1) is 19.9. The van der Waals surface area contributed by atoms with Crippen molar-refractivity contribution in [3.63, 3.8) is 0 Å². The number of ether oxygens (including phenoxy) is 1. The molecule has 0 spiro atoms. The number of hydrogen-bond acceptors (Lipinski definition) is 2. The van der Waals surface area contributed by atoms with Crippen LogP contribution >= 0.6 is 31.9 Å². The van der Waals surface area contributed by atoms with Gasteiger partial charge in [-0.25, -0.2) is 4.79 Å². The second-order valence-corrected chi connectivity index (χ2v) is 8.54. The average molecular weight is 513 g/mol. The zero-order valence-electron chi connectivity index (χ0n) is 15.6. The Morgan fingerprint density at radius 2 is 1.62 bits per heavy atom. The lowest BCUT2D eigenvalue weighted by Gasteiger charge is -2.14. The number of benzene rings is 3. The van der Waals surface area contributed by atoms with Crippen LogP contribution in [-0.4, -0.2) is 19.2 Å². The first-order valence-electron chi connectivity index (χ1n) is 9.34. The Morgan fingerprint density at radius 1 is 0.966 bits per heavy atom. The van der Waals surface area contributed by atoms with Crippen molar-refractivity contribution in [2.75, 3.05) is 13.2 Å². The van der Waals surface area contributed by atoms with Crippen LogP contribution in [0.4, 0.5) is 4.79 Å². The van der Waals surface area contributed by atoms with Gasteiger partial charge < -0.3 is 10.1 Å². The summed E-state index contributed by atoms with van der Waals surface area (Å²) in [5.41, 5.74) is 5.90. The van der Waals surface area contributed by atoms with Gasteiger partial charge in [0.2, 0.25) is 0 Å². The van der Waals surface area contributed by atoms with Crippen LogP contribution in [0.2, 0.25) is 0 Å². The Balaban J connectivity index is 1.34. The lowest BCUT2D eigenvalue weighted by molar-refractivity contribution is 0.144. The summed E-state index contributed by atoms with van der Waals surface area (Å²) in [6.45, 7) is 0.719. The quantitative estimate of drug-likeness (QED) is 0.410. The van der Waals surface area contributed by atoms with Crippen molar-refractivity contribution in [3.8, 4) is 11.1 Å². The molecule has 3 nitrogen and oxygen atoms in total. The molecule has 1 amide bonds. The van der Waals surface area contributed by atoms with Gasteiger partial charge in [-0.2, -0.15) is 0 Å². The highest BCUT2D eigenvalue weighted by atomic mass is 79.9. The molecule has 1 aliphatic rings. The maximum atomic E-state index is 12.2. The molecule has 0 saturated heterocycles. The molecule has 0 atom stereocenters. The predicted octanol–water partition coefficient (Wildman–Crippen LogP) is 6.76. The number of carbonyl (C=O) groups excluding carboxylic acids is 1. The largest absolute Gasteiger partial charge is 0.449 e. The number of nitrogens with one attached hydrogen (secondary N) is 1. The van der Waals surface area contributed by atoms with Crippen LogP contribution in [0, 0.1) is 0 Å². The van der Waals surface area contributed by atoms with E-state index in [1.807, 2.05) is 54.6 Å². The van der Waals surface area contributed by atoms with Crippen molar-refractivity contribution in [2.45, 2.75) is 5.92 Å². The summed E-state index contributed by atoms with van der Waals surface area (Å²) in [5.74, 6) is 0.0707. The second kappa shape index (κ2) is 8.97. The Morgan fingerprint density at radius 3 is 2.31 bits per heavy atom. The van der Waals surface area contributed by atoms with Gasteiger partial charge in [-0.05, 0) is 46.0 Å². The van der Waals surface area contributed by atoms with Gasteiger partial charge in [0, 0.05) is 21.4 Å². The molecule has 4 rings (SSSR count). The Hall–Kier alpha value is -2.37. The summed E-state index contributed by atoms with van der Waals surface area (Å²) in [7, 11) is 0. The lowest BCUT2D eigenvalue weighted by atomic mass is 9.98. The van der Waals surface area contributed by atoms with Crippen molar-refractivity contribution in [1.29, 1.82) is 0 Å². The topological polar surface area (TPSA) is 38.3 Å². The highest BCUT2D eigenvalue weighted by molar-refractivity contribution is 9.11. The number of halogens is 2. The third-order valence-corrected chi connectivity index (χ3v) is 6.18. The van der Waals surface area contributed by atoms with E-state index < -0.39 is 6.09 Å². The van der Waals surface area contributed by atoms with Gasteiger partial charge in [-0.3, -0.25) is 0 Å². The minimum atomic E-state index is -0.412. The number of amides is 1. The fourth-order valence-corrected chi connectivity index (χ4v) is 4.38. The van der Waals surface area contributed by atoms with Crippen LogP contribution < -0.4 is 5.32 Å². The number of rotatable bonds is 5. The van der Waals surface area contributed by atoms with E-state index in [9.17, 15) is 4.79 Å². The summed E-state index contributed by atoms with van der Waals surface area (Å²) in [5, 5.41) is 2.78. The molecule has 5 heteroatoms. The van der Waals surface area contributed by atoms with Crippen LogP contribution in [0.5, 0.6) is 0 Å². The molecule has 0 fully saturated rings. The standard InChI is InChI=1S/C24H19Br2NO2/c25-17-11-12-23(26)16(14-17)6-5-13-27-24(28)29-15-22-20-9-3-1-7-18(20)19-8-2-4-10-21(19)22/h1-12,14,22H,13,15H2,(H,27,28). The molecule has 3 aromatic carbocycles. The number of fused-ring (bicyclic) bond motifs is 3. The maximum Gasteiger partial charge on any atom is 0.407 e. The molecule has 0 aliphatic heterocycles. The van der Waals surface area contributed by atoms with E-state index in [4.69, 9.17) is 4.74 Å². The van der Waals surface area contributed by atoms with Gasteiger partial charge in [0.25, 0.3) is 0 Å². The monoisotopic (exact) mass is 511 g/mol. The normalized spacial score (nSPS) is 12.6. The fraction of sp³-hybridized carbons (Fsp3) is 0.125. The first-order chi connectivity index (χ1) is 14.1. The van der Waals surface area contributed by atoms with E-state index in [2.05, 4.69) is 61.4 Å². The SMILES string of the molecule is O=C(NCC=Cc1cc(Br)ccc1Br)OCC1c2ccccc2-c2ccccc21. The molecule has 0 bridgehead atoms. The molecule has 29 heavy (non-hydrogen) atoms. The number of hydrogen-bond donors (Lipinski definition) is 1. The van der Waals surface area contributed by atoms with Crippen molar-refractivity contribution in [2.24, 2.45) is 0 Å². The zero-order chi connectivity index (χ0) is 20.2. The van der Waals surface area contributed by atoms with Crippen LogP contribution in [0.15, 0.2) is 81.8 Å². The molecular formula is C24H19Br2NO2. The van der Waals surface area contributed by atoms with E-state index in [0.717, 1.165) is 14.5 Å². The second-order valence-electron chi connectivity index (χ2n) is 6.77. The Bertz CT molecular complexity index is 1030. The molecule has 146 valence electrons. The van der Waals surface area contributed by atoms with Crippen molar-refractivity contribution in [1.82, 2.24) is 5.32 Å². The van der Waals surface area contributed by atoms with E-state index in [-0.39, 0.29) is 5.92 Å². The summed E-state index contributed by atoms with van der Waals surface area (Å²) in [4.78, 5) is 12.2. The summed E-state index contributed by atoms with van der Waals surface area (Å²) >= 11 is 6.98. The molecule has 1 aliphatic carbocycles. The molecule has 0 radical (unpaired) electrons. The zero-order valence-corrected chi connectivity index (χ0v) is 18.7. The summed E-state index contributed by atoms with van der Waals surface area (Å²) in [6.07, 6.45) is 3.44. The molecule has 0 saturated carbocycles. The maximum absolute atomic E-state index is 12.2. The molecular weight excluding hydrogens is 494 g/mol. The van der Waals surface area contributed by atoms with Crippen molar-refractivity contribution >= 4 is 44.0 Å². The molecule has 1 N–H and O–H groups in total. The predicted molar refractivity (Wildman–Crippen MR) is 124 cm³/mol. The summed E-state index contributed by atoms with van der Waals surface area (Å²) in [6, 6.07) is 22.6. The Kier molecular flexibility index (Phi) is 6.16. The van der Waals surface area contributed by atoms with E-state index >= 15 is 0 Å². The molecule has 3 aromatic rings. The molecule has 0 unspecified atom stereocenters. The fourth-order valence-electron chi connectivity index (χ4n) is 3.62. The van der Waals surface area contributed by atoms with E-state index in [1.165, 1.54) is 22.3 Å². The van der Waals surface area contributed by atoms with Crippen LogP contribution in [0.1, 0.15) is 22.6 Å². The summed E-state index contributed by atoms with van der Waals surface area (Å²) < 4.78 is 7.54. The number of alkyl carbamates (subject to hydrolysis) is 1. The van der Waals surface area contributed by atoms with Crippen LogP contribution in [0.3, 0.4) is 0 Å². The van der Waals surface area contributed by atoms with E-state index in [0.29, 0.717) is 13.2 Å².